The van der Waals surface area contributed by atoms with Crippen LogP contribution in [0.15, 0.2) is 42.6 Å². The summed E-state index contributed by atoms with van der Waals surface area (Å²) in [5.74, 6) is 1.85. The van der Waals surface area contributed by atoms with Crippen molar-refractivity contribution in [1.29, 1.82) is 0 Å². The average Bonchev–Trinajstić information content (AvgIpc) is 2.56. The van der Waals surface area contributed by atoms with Gasteiger partial charge in [0.25, 0.3) is 0 Å². The van der Waals surface area contributed by atoms with Crippen molar-refractivity contribution in [3.05, 3.63) is 48.2 Å². The van der Waals surface area contributed by atoms with E-state index in [1.165, 1.54) is 5.56 Å². The maximum atomic E-state index is 11.9. The molecule has 3 N–H and O–H groups in total. The molecule has 1 amide bonds. The normalized spacial score (nSPS) is 11.3. The van der Waals surface area contributed by atoms with Crippen molar-refractivity contribution in [1.82, 2.24) is 4.98 Å². The maximum Gasteiger partial charge on any atom is 0.241 e. The molecule has 1 heterocycles. The number of thioether (sulfide) groups is 1. The number of nitrogens with zero attached hydrogens (tertiary/aromatic N) is 1. The van der Waals surface area contributed by atoms with Gasteiger partial charge in [0.05, 0.1) is 17.9 Å². The highest BCUT2D eigenvalue weighted by Gasteiger charge is 2.13. The number of aromatic nitrogens is 1. The quantitative estimate of drug-likeness (QED) is 0.781. The number of pyridine rings is 1. The predicted molar refractivity (Wildman–Crippen MR) is 102 cm³/mol. The number of halogens is 1. The van der Waals surface area contributed by atoms with E-state index in [0.29, 0.717) is 18.0 Å². The molecule has 1 aromatic heterocycles. The molecule has 7 heteroatoms. The Labute approximate surface area is 152 Å². The van der Waals surface area contributed by atoms with Gasteiger partial charge in [-0.1, -0.05) is 17.7 Å². The molecule has 0 unspecified atom stereocenters. The van der Waals surface area contributed by atoms with Crippen molar-refractivity contribution in [2.45, 2.75) is 19.4 Å². The van der Waals surface area contributed by atoms with E-state index in [1.54, 1.807) is 30.1 Å². The molecule has 5 nitrogen and oxygen atoms in total. The van der Waals surface area contributed by atoms with Crippen LogP contribution in [0.2, 0.25) is 0 Å². The van der Waals surface area contributed by atoms with Crippen molar-refractivity contribution in [3.8, 4) is 11.6 Å². The number of carbonyl (C=O) groups excluding carboxylic acids is 1. The first-order valence-corrected chi connectivity index (χ1v) is 8.74. The first-order valence-electron chi connectivity index (χ1n) is 7.34. The Morgan fingerprint density at radius 2 is 2.00 bits per heavy atom. The first kappa shape index (κ1) is 20.3. The van der Waals surface area contributed by atoms with Crippen LogP contribution >= 0.6 is 24.2 Å². The van der Waals surface area contributed by atoms with Crippen LogP contribution in [-0.2, 0) is 4.79 Å². The Bertz CT molecular complexity index is 635. The lowest BCUT2D eigenvalue weighted by molar-refractivity contribution is -0.117. The van der Waals surface area contributed by atoms with Crippen LogP contribution in [-0.4, -0.2) is 28.9 Å². The second-order valence-corrected chi connectivity index (χ2v) is 6.16. The Hall–Kier alpha value is -1.76. The van der Waals surface area contributed by atoms with E-state index in [1.807, 2.05) is 37.4 Å². The number of nitrogens with one attached hydrogen (secondary N) is 1. The zero-order valence-corrected chi connectivity index (χ0v) is 15.3. The lowest BCUT2D eigenvalue weighted by Crippen LogP contribution is -2.36. The zero-order valence-electron chi connectivity index (χ0n) is 13.7. The highest BCUT2D eigenvalue weighted by molar-refractivity contribution is 7.98. The highest BCUT2D eigenvalue weighted by atomic mass is 35.5. The monoisotopic (exact) mass is 367 g/mol. The third-order valence-corrected chi connectivity index (χ3v) is 3.86. The van der Waals surface area contributed by atoms with Crippen LogP contribution in [0.5, 0.6) is 11.6 Å². The second-order valence-electron chi connectivity index (χ2n) is 5.18. The van der Waals surface area contributed by atoms with Gasteiger partial charge in [-0.2, -0.15) is 11.8 Å². The molecule has 0 aliphatic rings. The molecule has 2 rings (SSSR count). The lowest BCUT2D eigenvalue weighted by atomic mass is 10.2. The molecule has 0 spiro atoms. The maximum absolute atomic E-state index is 11.9. The molecule has 1 aromatic carbocycles. The fourth-order valence-electron chi connectivity index (χ4n) is 1.85. The van der Waals surface area contributed by atoms with Crippen molar-refractivity contribution in [2.75, 3.05) is 17.3 Å². The largest absolute Gasteiger partial charge is 0.439 e. The highest BCUT2D eigenvalue weighted by Crippen LogP contribution is 2.20. The van der Waals surface area contributed by atoms with E-state index in [0.717, 1.165) is 11.5 Å². The molecule has 0 saturated heterocycles. The molecule has 0 bridgehead atoms. The molecule has 0 aliphatic carbocycles. The molecule has 0 fully saturated rings. The zero-order chi connectivity index (χ0) is 16.7. The van der Waals surface area contributed by atoms with E-state index in [-0.39, 0.29) is 18.3 Å². The fraction of sp³-hybridized carbons (Fsp3) is 0.294. The van der Waals surface area contributed by atoms with Gasteiger partial charge >= 0.3 is 0 Å². The number of benzene rings is 1. The summed E-state index contributed by atoms with van der Waals surface area (Å²) in [6, 6.07) is 10.7. The predicted octanol–water partition coefficient (Wildman–Crippen LogP) is 3.62. The summed E-state index contributed by atoms with van der Waals surface area (Å²) in [6.07, 6.45) is 4.19. The van der Waals surface area contributed by atoms with Gasteiger partial charge in [-0.15, -0.1) is 12.4 Å². The fourth-order valence-corrected chi connectivity index (χ4v) is 2.34. The number of amides is 1. The summed E-state index contributed by atoms with van der Waals surface area (Å²) in [5, 5.41) is 2.76. The third kappa shape index (κ3) is 6.39. The smallest absolute Gasteiger partial charge is 0.241 e. The molecular formula is C17H22ClN3O2S. The van der Waals surface area contributed by atoms with Crippen LogP contribution in [0.25, 0.3) is 0 Å². The summed E-state index contributed by atoms with van der Waals surface area (Å²) < 4.78 is 5.64. The number of anilines is 1. The third-order valence-electron chi connectivity index (χ3n) is 3.22. The molecule has 0 saturated carbocycles. The Morgan fingerprint density at radius 1 is 1.29 bits per heavy atom. The van der Waals surface area contributed by atoms with Gasteiger partial charge in [-0.05, 0) is 43.6 Å². The number of aryl methyl sites for hydroxylation is 1. The van der Waals surface area contributed by atoms with Gasteiger partial charge in [0.2, 0.25) is 11.8 Å². The molecule has 2 aromatic rings. The minimum atomic E-state index is -0.508. The van der Waals surface area contributed by atoms with Crippen molar-refractivity contribution in [2.24, 2.45) is 5.73 Å². The Morgan fingerprint density at radius 3 is 2.58 bits per heavy atom. The molecule has 130 valence electrons. The van der Waals surface area contributed by atoms with E-state index in [9.17, 15) is 4.79 Å². The van der Waals surface area contributed by atoms with Crippen LogP contribution in [0, 0.1) is 6.92 Å². The molecule has 0 radical (unpaired) electrons. The van der Waals surface area contributed by atoms with Crippen LogP contribution in [0.1, 0.15) is 12.0 Å². The molecule has 0 aliphatic heterocycles. The molecular weight excluding hydrogens is 346 g/mol. The van der Waals surface area contributed by atoms with Gasteiger partial charge in [-0.25, -0.2) is 4.98 Å². The number of hydrogen-bond donors (Lipinski definition) is 2. The standard InChI is InChI=1S/C17H21N3O2S.ClH/c1-12-3-6-14(7-4-12)22-16-8-5-13(11-19-16)20-17(21)15(18)9-10-23-2;/h3-8,11,15H,9-10,18H2,1-2H3,(H,20,21);1H/t15-;/m0./s1. The molecule has 24 heavy (non-hydrogen) atoms. The van der Waals surface area contributed by atoms with Gasteiger partial charge < -0.3 is 15.8 Å². The number of nitrogens with two attached hydrogens (primary N) is 1. The van der Waals surface area contributed by atoms with Crippen LogP contribution < -0.4 is 15.8 Å². The average molecular weight is 368 g/mol. The number of hydrogen-bond acceptors (Lipinski definition) is 5. The van der Waals surface area contributed by atoms with Crippen molar-refractivity contribution in [3.63, 3.8) is 0 Å². The van der Waals surface area contributed by atoms with Gasteiger partial charge in [-0.3, -0.25) is 4.79 Å². The van der Waals surface area contributed by atoms with Crippen LogP contribution in [0.4, 0.5) is 5.69 Å². The number of ether oxygens (including phenoxy) is 1. The summed E-state index contributed by atoms with van der Waals surface area (Å²) in [4.78, 5) is 16.1. The second kappa shape index (κ2) is 10.2. The topological polar surface area (TPSA) is 77.2 Å². The summed E-state index contributed by atoms with van der Waals surface area (Å²) in [5.41, 5.74) is 7.60. The Balaban J connectivity index is 0.00000288. The summed E-state index contributed by atoms with van der Waals surface area (Å²) in [6.45, 7) is 2.02. The number of rotatable bonds is 7. The molecule has 1 atom stereocenters. The van der Waals surface area contributed by atoms with E-state index in [4.69, 9.17) is 10.5 Å². The summed E-state index contributed by atoms with van der Waals surface area (Å²) in [7, 11) is 0. The lowest BCUT2D eigenvalue weighted by Gasteiger charge is -2.11. The summed E-state index contributed by atoms with van der Waals surface area (Å²) >= 11 is 1.67. The van der Waals surface area contributed by atoms with E-state index >= 15 is 0 Å². The van der Waals surface area contributed by atoms with Crippen molar-refractivity contribution < 1.29 is 9.53 Å². The Kier molecular flexibility index (Phi) is 8.60. The van der Waals surface area contributed by atoms with E-state index in [2.05, 4.69) is 10.3 Å². The van der Waals surface area contributed by atoms with Gasteiger partial charge in [0.15, 0.2) is 0 Å². The van der Waals surface area contributed by atoms with Gasteiger partial charge in [0, 0.05) is 6.07 Å². The van der Waals surface area contributed by atoms with Gasteiger partial charge in [0.1, 0.15) is 5.75 Å². The van der Waals surface area contributed by atoms with Crippen LogP contribution in [0.3, 0.4) is 0 Å². The number of carbonyl (C=O) groups is 1. The first-order chi connectivity index (χ1) is 11.1. The van der Waals surface area contributed by atoms with Crippen molar-refractivity contribution >= 4 is 35.8 Å². The minimum absolute atomic E-state index is 0. The minimum Gasteiger partial charge on any atom is -0.439 e. The van der Waals surface area contributed by atoms with E-state index < -0.39 is 6.04 Å². The SMILES string of the molecule is CSCC[C@H](N)C(=O)Nc1ccc(Oc2ccc(C)cc2)nc1.Cl.